The van der Waals surface area contributed by atoms with E-state index in [1.165, 1.54) is 12.1 Å². The monoisotopic (exact) mass is 407 g/mol. The van der Waals surface area contributed by atoms with E-state index in [1.54, 1.807) is 19.2 Å². The summed E-state index contributed by atoms with van der Waals surface area (Å²) in [6.45, 7) is 4.59. The van der Waals surface area contributed by atoms with Gasteiger partial charge in [-0.25, -0.2) is 4.39 Å². The van der Waals surface area contributed by atoms with Crippen molar-refractivity contribution in [3.63, 3.8) is 0 Å². The summed E-state index contributed by atoms with van der Waals surface area (Å²) in [5, 5.41) is 6.40. The van der Waals surface area contributed by atoms with Crippen LogP contribution in [-0.2, 0) is 4.79 Å². The third-order valence-electron chi connectivity index (χ3n) is 4.95. The molecular formula is C21H27ClFN3O2. The topological polar surface area (TPSA) is 53.6 Å². The molecule has 0 aromatic heterocycles. The Balaban J connectivity index is 0.00000280. The summed E-state index contributed by atoms with van der Waals surface area (Å²) in [6.07, 6.45) is 0. The van der Waals surface area contributed by atoms with Crippen LogP contribution in [0.2, 0.25) is 0 Å². The van der Waals surface area contributed by atoms with Gasteiger partial charge in [-0.05, 0) is 30.7 Å². The molecule has 2 atom stereocenters. The van der Waals surface area contributed by atoms with Crippen LogP contribution in [0.5, 0.6) is 5.75 Å². The largest absolute Gasteiger partial charge is 0.496 e. The van der Waals surface area contributed by atoms with Crippen molar-refractivity contribution in [3.8, 4) is 5.75 Å². The maximum atomic E-state index is 13.1. The molecule has 2 unspecified atom stereocenters. The van der Waals surface area contributed by atoms with Crippen LogP contribution in [0.4, 0.5) is 4.39 Å². The number of carbonyl (C=O) groups is 1. The zero-order valence-corrected chi connectivity index (χ0v) is 17.0. The van der Waals surface area contributed by atoms with Crippen LogP contribution in [-0.4, -0.2) is 44.1 Å². The summed E-state index contributed by atoms with van der Waals surface area (Å²) < 4.78 is 18.6. The second-order valence-electron chi connectivity index (χ2n) is 6.77. The van der Waals surface area contributed by atoms with Crippen molar-refractivity contribution >= 4 is 18.3 Å². The quantitative estimate of drug-likeness (QED) is 0.772. The molecule has 0 bridgehead atoms. The van der Waals surface area contributed by atoms with E-state index in [-0.39, 0.29) is 36.2 Å². The molecular weight excluding hydrogens is 381 g/mol. The van der Waals surface area contributed by atoms with Crippen molar-refractivity contribution in [3.05, 3.63) is 65.5 Å². The van der Waals surface area contributed by atoms with E-state index in [0.717, 1.165) is 36.5 Å². The summed E-state index contributed by atoms with van der Waals surface area (Å²) in [5.74, 6) is 0.502. The lowest BCUT2D eigenvalue weighted by atomic mass is 10.0. The lowest BCUT2D eigenvalue weighted by molar-refractivity contribution is -0.123. The third kappa shape index (κ3) is 5.44. The maximum absolute atomic E-state index is 13.1. The van der Waals surface area contributed by atoms with Gasteiger partial charge in [0.2, 0.25) is 5.91 Å². The number of methoxy groups -OCH3 is 1. The highest BCUT2D eigenvalue weighted by Gasteiger charge is 2.27. The molecule has 1 aliphatic rings. The van der Waals surface area contributed by atoms with Gasteiger partial charge in [-0.2, -0.15) is 0 Å². The SMILES string of the molecule is COc1ccccc1C1CNCCN1CC(=O)NC(C)c1ccc(F)cc1.Cl. The van der Waals surface area contributed by atoms with E-state index < -0.39 is 0 Å². The number of rotatable bonds is 6. The van der Waals surface area contributed by atoms with Gasteiger partial charge in [-0.3, -0.25) is 9.69 Å². The number of piperazine rings is 1. The number of hydrogen-bond donors (Lipinski definition) is 2. The Hall–Kier alpha value is -2.15. The number of carbonyl (C=O) groups excluding carboxylic acids is 1. The number of nitrogens with zero attached hydrogens (tertiary/aromatic N) is 1. The van der Waals surface area contributed by atoms with E-state index in [0.29, 0.717) is 6.54 Å². The van der Waals surface area contributed by atoms with Crippen LogP contribution in [0.15, 0.2) is 48.5 Å². The average molecular weight is 408 g/mol. The Bertz CT molecular complexity index is 773. The van der Waals surface area contributed by atoms with Crippen molar-refractivity contribution < 1.29 is 13.9 Å². The Morgan fingerprint density at radius 2 is 2.00 bits per heavy atom. The first-order valence-corrected chi connectivity index (χ1v) is 9.21. The minimum Gasteiger partial charge on any atom is -0.496 e. The number of hydrogen-bond acceptors (Lipinski definition) is 4. The van der Waals surface area contributed by atoms with Gasteiger partial charge in [0.1, 0.15) is 11.6 Å². The van der Waals surface area contributed by atoms with Crippen LogP contribution < -0.4 is 15.4 Å². The molecule has 2 aromatic carbocycles. The Labute approximate surface area is 171 Å². The van der Waals surface area contributed by atoms with Gasteiger partial charge in [-0.15, -0.1) is 12.4 Å². The van der Waals surface area contributed by atoms with Gasteiger partial charge >= 0.3 is 0 Å². The van der Waals surface area contributed by atoms with Gasteiger partial charge < -0.3 is 15.4 Å². The Morgan fingerprint density at radius 1 is 1.29 bits per heavy atom. The highest BCUT2D eigenvalue weighted by molar-refractivity contribution is 5.85. The number of para-hydroxylation sites is 1. The molecule has 2 aromatic rings. The fourth-order valence-corrected chi connectivity index (χ4v) is 3.49. The molecule has 28 heavy (non-hydrogen) atoms. The van der Waals surface area contributed by atoms with Gasteiger partial charge in [0.25, 0.3) is 0 Å². The Kier molecular flexibility index (Phi) is 8.23. The fraction of sp³-hybridized carbons (Fsp3) is 0.381. The lowest BCUT2D eigenvalue weighted by Gasteiger charge is -2.36. The predicted octanol–water partition coefficient (Wildman–Crippen LogP) is 3.08. The molecule has 0 radical (unpaired) electrons. The lowest BCUT2D eigenvalue weighted by Crippen LogP contribution is -2.49. The molecule has 1 fully saturated rings. The van der Waals surface area contributed by atoms with Gasteiger partial charge in [0.15, 0.2) is 0 Å². The molecule has 7 heteroatoms. The molecule has 1 amide bonds. The first-order valence-electron chi connectivity index (χ1n) is 9.21. The number of benzene rings is 2. The molecule has 1 aliphatic heterocycles. The van der Waals surface area contributed by atoms with Crippen molar-refractivity contribution in [1.29, 1.82) is 0 Å². The van der Waals surface area contributed by atoms with Crippen LogP contribution in [0, 0.1) is 5.82 Å². The minimum atomic E-state index is -0.280. The first-order chi connectivity index (χ1) is 13.1. The zero-order valence-electron chi connectivity index (χ0n) is 16.2. The fourth-order valence-electron chi connectivity index (χ4n) is 3.49. The number of nitrogens with one attached hydrogen (secondary N) is 2. The van der Waals surface area contributed by atoms with E-state index in [4.69, 9.17) is 4.74 Å². The normalized spacial score (nSPS) is 18.0. The molecule has 5 nitrogen and oxygen atoms in total. The van der Waals surface area contributed by atoms with Crippen LogP contribution in [0.1, 0.15) is 30.1 Å². The third-order valence-corrected chi connectivity index (χ3v) is 4.95. The van der Waals surface area contributed by atoms with Crippen molar-refractivity contribution in [2.24, 2.45) is 0 Å². The molecule has 0 spiro atoms. The molecule has 152 valence electrons. The highest BCUT2D eigenvalue weighted by atomic mass is 35.5. The molecule has 0 saturated carbocycles. The minimum absolute atomic E-state index is 0. The second kappa shape index (κ2) is 10.4. The van der Waals surface area contributed by atoms with E-state index >= 15 is 0 Å². The van der Waals surface area contributed by atoms with Crippen LogP contribution in [0.25, 0.3) is 0 Å². The van der Waals surface area contributed by atoms with Gasteiger partial charge in [-0.1, -0.05) is 30.3 Å². The van der Waals surface area contributed by atoms with Crippen LogP contribution >= 0.6 is 12.4 Å². The molecule has 1 saturated heterocycles. The van der Waals surface area contributed by atoms with Crippen molar-refractivity contribution in [2.45, 2.75) is 19.0 Å². The second-order valence-corrected chi connectivity index (χ2v) is 6.77. The standard InChI is InChI=1S/C21H26FN3O2.ClH/c1-15(16-7-9-17(22)10-8-16)24-21(26)14-25-12-11-23-13-19(25)18-5-3-4-6-20(18)27-2;/h3-10,15,19,23H,11-14H2,1-2H3,(H,24,26);1H. The number of ether oxygens (including phenoxy) is 1. The van der Waals surface area contributed by atoms with Crippen molar-refractivity contribution in [1.82, 2.24) is 15.5 Å². The van der Waals surface area contributed by atoms with E-state index in [9.17, 15) is 9.18 Å². The average Bonchev–Trinajstić information content (AvgIpc) is 2.68. The molecule has 3 rings (SSSR count). The zero-order chi connectivity index (χ0) is 19.2. The van der Waals surface area contributed by atoms with Crippen molar-refractivity contribution in [2.75, 3.05) is 33.3 Å². The van der Waals surface area contributed by atoms with E-state index in [2.05, 4.69) is 15.5 Å². The summed E-state index contributed by atoms with van der Waals surface area (Å²) in [6, 6.07) is 14.0. The predicted molar refractivity (Wildman–Crippen MR) is 110 cm³/mol. The Morgan fingerprint density at radius 3 is 2.71 bits per heavy atom. The number of halogens is 2. The summed E-state index contributed by atoms with van der Waals surface area (Å²) in [5.41, 5.74) is 1.96. The van der Waals surface area contributed by atoms with Gasteiger partial charge in [0.05, 0.1) is 25.7 Å². The summed E-state index contributed by atoms with van der Waals surface area (Å²) >= 11 is 0. The first kappa shape index (κ1) is 22.1. The number of amides is 1. The summed E-state index contributed by atoms with van der Waals surface area (Å²) in [7, 11) is 1.66. The molecule has 2 N–H and O–H groups in total. The summed E-state index contributed by atoms with van der Waals surface area (Å²) in [4.78, 5) is 14.8. The van der Waals surface area contributed by atoms with Gasteiger partial charge in [0, 0.05) is 25.2 Å². The van der Waals surface area contributed by atoms with Crippen LogP contribution in [0.3, 0.4) is 0 Å². The maximum Gasteiger partial charge on any atom is 0.234 e. The molecule has 0 aliphatic carbocycles. The highest BCUT2D eigenvalue weighted by Crippen LogP contribution is 2.29. The smallest absolute Gasteiger partial charge is 0.234 e. The van der Waals surface area contributed by atoms with E-state index in [1.807, 2.05) is 31.2 Å². The molecule has 1 heterocycles.